The number of ether oxygens (including phenoxy) is 1. The third-order valence-corrected chi connectivity index (χ3v) is 13.6. The lowest BCUT2D eigenvalue weighted by Gasteiger charge is -2.38. The zero-order valence-corrected chi connectivity index (χ0v) is 42.8. The molecule has 70 heavy (non-hydrogen) atoms. The monoisotopic (exact) mass is 997 g/mol. The van der Waals surface area contributed by atoms with Gasteiger partial charge in [0, 0.05) is 69.5 Å². The number of thiazole rings is 1. The van der Waals surface area contributed by atoms with Gasteiger partial charge in [-0.15, -0.1) is 11.3 Å². The Morgan fingerprint density at radius 2 is 1.61 bits per heavy atom. The number of nitrogens with zero attached hydrogens (tertiary/aromatic N) is 4. The number of rotatable bonds is 27. The summed E-state index contributed by atoms with van der Waals surface area (Å²) in [6.45, 7) is 13.7. The first kappa shape index (κ1) is 58.1. The second-order valence-corrected chi connectivity index (χ2v) is 19.6. The van der Waals surface area contributed by atoms with Gasteiger partial charge < -0.3 is 46.9 Å². The Kier molecular flexibility index (Phi) is 21.6. The predicted molar refractivity (Wildman–Crippen MR) is 261 cm³/mol. The predicted octanol–water partition coefficient (Wildman–Crippen LogP) is 2.74. The van der Waals surface area contributed by atoms with E-state index in [1.165, 1.54) is 31.4 Å². The van der Waals surface area contributed by atoms with Crippen molar-refractivity contribution >= 4 is 70.3 Å². The van der Waals surface area contributed by atoms with Crippen LogP contribution in [0.5, 0.6) is 5.75 Å². The fraction of sp³-hybridized carbons (Fsp3) is 0.583. The number of phenolic OH excluding ortho intramolecular Hbond substituents is 1. The molecule has 1 aromatic heterocycles. The first-order valence-corrected chi connectivity index (χ1v) is 24.2. The molecule has 21 nitrogen and oxygen atoms in total. The van der Waals surface area contributed by atoms with Crippen LogP contribution < -0.4 is 27.0 Å². The highest BCUT2D eigenvalue weighted by molar-refractivity contribution is 7.09. The number of hydrogen-bond donors (Lipinski definition) is 7. The van der Waals surface area contributed by atoms with Crippen molar-refractivity contribution in [1.82, 2.24) is 35.6 Å². The molecule has 1 aliphatic rings. The molecule has 7 atom stereocenters. The molecule has 0 fully saturated rings. The van der Waals surface area contributed by atoms with Crippen molar-refractivity contribution in [3.05, 3.63) is 52.0 Å². The van der Waals surface area contributed by atoms with Crippen molar-refractivity contribution < 1.29 is 58.1 Å². The van der Waals surface area contributed by atoms with Crippen LogP contribution in [0.4, 0.5) is 5.69 Å². The Bertz CT molecular complexity index is 2240. The minimum atomic E-state index is -1.22. The molecule has 0 aliphatic carbocycles. The molecule has 386 valence electrons. The Balaban J connectivity index is 1.76. The van der Waals surface area contributed by atoms with Crippen LogP contribution in [-0.4, -0.2) is 147 Å². The minimum Gasteiger partial charge on any atom is -0.506 e. The maximum absolute atomic E-state index is 14.3. The Morgan fingerprint density at radius 1 is 0.971 bits per heavy atom. The molecule has 1 aromatic carbocycles. The lowest BCUT2D eigenvalue weighted by atomic mass is 9.92. The summed E-state index contributed by atoms with van der Waals surface area (Å²) in [5.41, 5.74) is 5.31. The number of esters is 1. The van der Waals surface area contributed by atoms with E-state index in [1.807, 2.05) is 27.7 Å². The van der Waals surface area contributed by atoms with Gasteiger partial charge in [-0.3, -0.25) is 53.0 Å². The Labute approximate surface area is 413 Å². The molecule has 2 heterocycles. The summed E-state index contributed by atoms with van der Waals surface area (Å²) >= 11 is 1.07. The van der Waals surface area contributed by atoms with E-state index in [0.29, 0.717) is 12.0 Å². The summed E-state index contributed by atoms with van der Waals surface area (Å²) in [6, 6.07) is 1.05. The van der Waals surface area contributed by atoms with E-state index >= 15 is 0 Å². The summed E-state index contributed by atoms with van der Waals surface area (Å²) in [7, 11) is 5.21. The van der Waals surface area contributed by atoms with Gasteiger partial charge >= 0.3 is 11.9 Å². The number of nitrogens with two attached hydrogens (primary N) is 1. The van der Waals surface area contributed by atoms with Crippen LogP contribution in [0, 0.1) is 17.8 Å². The summed E-state index contributed by atoms with van der Waals surface area (Å²) in [5.74, 6) is -6.96. The van der Waals surface area contributed by atoms with Crippen LogP contribution in [0.15, 0.2) is 35.7 Å². The number of phenols is 1. The highest BCUT2D eigenvalue weighted by Crippen LogP contribution is 2.32. The fourth-order valence-electron chi connectivity index (χ4n) is 7.54. The van der Waals surface area contributed by atoms with Gasteiger partial charge in [-0.2, -0.15) is 0 Å². The SMILES string of the molecule is CC[C@H](C)[C@H](NC(=O)C(C)(C)N(C)C)C(=O)N(C)C(C[C@@H](OC(C)=O)c1nc(C(=O)N[C@@H](Cc2ccc(O)c(NC(=O)CCCNC(=O)[C@H](CN)N3C(=O)C=CC3=O)c2)CC(C)C(=O)O)cs1)C(C)C. The molecule has 2 unspecified atom stereocenters. The molecule has 8 N–H and O–H groups in total. The zero-order chi connectivity index (χ0) is 52.8. The van der Waals surface area contributed by atoms with Gasteiger partial charge in [0.2, 0.25) is 23.6 Å². The van der Waals surface area contributed by atoms with Crippen molar-refractivity contribution in [3.63, 3.8) is 0 Å². The third kappa shape index (κ3) is 15.9. The topological polar surface area (TPSA) is 300 Å². The number of hydrogen-bond acceptors (Lipinski definition) is 15. The maximum Gasteiger partial charge on any atom is 0.306 e. The normalized spacial score (nSPS) is 15.7. The zero-order valence-electron chi connectivity index (χ0n) is 42.0. The Hall–Kier alpha value is -6.26. The summed E-state index contributed by atoms with van der Waals surface area (Å²) in [4.78, 5) is 124. The van der Waals surface area contributed by atoms with E-state index in [0.717, 1.165) is 28.4 Å². The number of aromatic hydroxyl groups is 1. The summed E-state index contributed by atoms with van der Waals surface area (Å²) in [5, 5.41) is 33.2. The number of aromatic nitrogens is 1. The molecular weight excluding hydrogens is 927 g/mol. The van der Waals surface area contributed by atoms with Crippen molar-refractivity contribution in [2.45, 2.75) is 130 Å². The largest absolute Gasteiger partial charge is 0.506 e. The number of nitrogens with one attached hydrogen (secondary N) is 4. The average Bonchev–Trinajstić information content (AvgIpc) is 3.92. The van der Waals surface area contributed by atoms with Crippen LogP contribution in [-0.2, 0) is 49.5 Å². The fourth-order valence-corrected chi connectivity index (χ4v) is 8.38. The number of anilines is 1. The molecule has 0 saturated heterocycles. The lowest BCUT2D eigenvalue weighted by molar-refractivity contribution is -0.149. The van der Waals surface area contributed by atoms with Gasteiger partial charge in [0.15, 0.2) is 6.10 Å². The average molecular weight is 998 g/mol. The number of carbonyl (C=O) groups is 9. The van der Waals surface area contributed by atoms with E-state index in [-0.39, 0.29) is 91.0 Å². The molecule has 7 amide bonds. The highest BCUT2D eigenvalue weighted by Gasteiger charge is 2.39. The van der Waals surface area contributed by atoms with Crippen molar-refractivity contribution in [3.8, 4) is 5.75 Å². The van der Waals surface area contributed by atoms with Crippen LogP contribution >= 0.6 is 11.3 Å². The standard InChI is InChI=1S/C48H71N9O12S/c1-12-27(4)41(54-47(68)48(7,8)55(9)10)45(65)56(11)34(26(2)3)23-37(69-29(6)58)44-53-33(25-70-44)42(63)51-31(20-28(5)46(66)67)21-30-15-16-36(59)32(22-30)52-38(60)14-13-19-50-43(64)35(24-49)57-39(61)17-18-40(57)62/h15-18,22,25-28,31,34-35,37,41,59H,12-14,19-21,23-24,49H2,1-11H3,(H,50,64)(H,51,63)(H,52,60)(H,54,68)(H,66,67)/t27-,28?,31+,34?,35-,37+,41-/m0/s1. The Morgan fingerprint density at radius 3 is 2.17 bits per heavy atom. The number of carboxylic acid groups (broad SMARTS) is 1. The number of benzene rings is 1. The van der Waals surface area contributed by atoms with Crippen LogP contribution in [0.1, 0.15) is 115 Å². The molecule has 22 heteroatoms. The van der Waals surface area contributed by atoms with Crippen LogP contribution in [0.2, 0.25) is 0 Å². The third-order valence-electron chi connectivity index (χ3n) is 12.6. The van der Waals surface area contributed by atoms with Gasteiger partial charge in [-0.1, -0.05) is 47.1 Å². The highest BCUT2D eigenvalue weighted by atomic mass is 32.1. The molecule has 0 radical (unpaired) electrons. The van der Waals surface area contributed by atoms with Crippen LogP contribution in [0.25, 0.3) is 0 Å². The number of carbonyl (C=O) groups excluding carboxylic acids is 8. The number of aliphatic carboxylic acids is 1. The molecule has 3 rings (SSSR count). The molecule has 2 aromatic rings. The molecule has 0 bridgehead atoms. The minimum absolute atomic E-state index is 0.00872. The van der Waals surface area contributed by atoms with Crippen molar-refractivity contribution in [2.75, 3.05) is 39.5 Å². The van der Waals surface area contributed by atoms with Crippen LogP contribution in [0.3, 0.4) is 0 Å². The van der Waals surface area contributed by atoms with Gasteiger partial charge in [-0.05, 0) is 76.7 Å². The quantitative estimate of drug-likeness (QED) is 0.0293. The first-order chi connectivity index (χ1) is 32.7. The smallest absolute Gasteiger partial charge is 0.306 e. The lowest BCUT2D eigenvalue weighted by Crippen LogP contribution is -2.60. The molecule has 0 spiro atoms. The van der Waals surface area contributed by atoms with E-state index in [9.17, 15) is 53.4 Å². The van der Waals surface area contributed by atoms with E-state index in [2.05, 4.69) is 26.3 Å². The molecular formula is C48H71N9O12S. The van der Waals surface area contributed by atoms with Gasteiger partial charge in [-0.25, -0.2) is 4.98 Å². The van der Waals surface area contributed by atoms with Crippen molar-refractivity contribution in [1.29, 1.82) is 0 Å². The second kappa shape index (κ2) is 26.1. The summed E-state index contributed by atoms with van der Waals surface area (Å²) < 4.78 is 5.77. The van der Waals surface area contributed by atoms with Gasteiger partial charge in [0.1, 0.15) is 28.5 Å². The first-order valence-electron chi connectivity index (χ1n) is 23.3. The number of carboxylic acids is 1. The molecule has 0 saturated carbocycles. The van der Waals surface area contributed by atoms with Crippen molar-refractivity contribution in [2.24, 2.45) is 23.5 Å². The number of imide groups is 1. The van der Waals surface area contributed by atoms with Gasteiger partial charge in [0.05, 0.1) is 17.1 Å². The summed E-state index contributed by atoms with van der Waals surface area (Å²) in [6.07, 6.45) is 1.98. The second-order valence-electron chi connectivity index (χ2n) is 18.7. The van der Waals surface area contributed by atoms with E-state index in [1.54, 1.807) is 50.9 Å². The number of amides is 7. The molecule has 1 aliphatic heterocycles. The van der Waals surface area contributed by atoms with Gasteiger partial charge in [0.25, 0.3) is 17.7 Å². The number of likely N-dealkylation sites (N-methyl/N-ethyl adjacent to an activating group) is 2. The maximum atomic E-state index is 14.3. The van der Waals surface area contributed by atoms with E-state index < -0.39 is 83.2 Å². The van der Waals surface area contributed by atoms with E-state index in [4.69, 9.17) is 10.5 Å².